The van der Waals surface area contributed by atoms with Crippen molar-refractivity contribution in [2.24, 2.45) is 0 Å². The highest BCUT2D eigenvalue weighted by Gasteiger charge is 1.93. The van der Waals surface area contributed by atoms with Crippen molar-refractivity contribution in [3.05, 3.63) is 35.6 Å². The quantitative estimate of drug-likeness (QED) is 0.674. The molecule has 0 aromatic heterocycles. The number of benzene rings is 1. The molecule has 2 nitrogen and oxygen atoms in total. The lowest BCUT2D eigenvalue weighted by Gasteiger charge is -2.03. The summed E-state index contributed by atoms with van der Waals surface area (Å²) in [6.07, 6.45) is 0.731. The molecule has 2 N–H and O–H groups in total. The van der Waals surface area contributed by atoms with E-state index in [1.54, 1.807) is 6.07 Å². The Kier molecular flexibility index (Phi) is 4.43. The van der Waals surface area contributed by atoms with Crippen molar-refractivity contribution in [1.82, 2.24) is 5.32 Å². The summed E-state index contributed by atoms with van der Waals surface area (Å²) in [5.41, 5.74) is 0.929. The first-order valence-corrected chi connectivity index (χ1v) is 4.39. The molecule has 1 aromatic rings. The van der Waals surface area contributed by atoms with Gasteiger partial charge < -0.3 is 10.4 Å². The molecule has 0 radical (unpaired) electrons. The molecular weight excluding hydrogens is 169 g/mol. The van der Waals surface area contributed by atoms with E-state index >= 15 is 0 Å². The number of rotatable bonds is 5. The molecule has 0 heterocycles. The third kappa shape index (κ3) is 4.01. The summed E-state index contributed by atoms with van der Waals surface area (Å²) in [5, 5.41) is 11.6. The van der Waals surface area contributed by atoms with Crippen molar-refractivity contribution >= 4 is 0 Å². The van der Waals surface area contributed by atoms with Crippen LogP contribution >= 0.6 is 0 Å². The van der Waals surface area contributed by atoms with E-state index < -0.39 is 0 Å². The monoisotopic (exact) mass is 183 g/mol. The maximum atomic E-state index is 12.7. The standard InChI is InChI=1S/C10H14FNO/c11-10-4-1-3-9(7-10)8-12-5-2-6-13/h1,3-4,7,12-13H,2,5-6,8H2. The minimum atomic E-state index is -0.207. The normalized spacial score (nSPS) is 10.3. The average Bonchev–Trinajstić information content (AvgIpc) is 2.13. The summed E-state index contributed by atoms with van der Waals surface area (Å²) in [6.45, 7) is 1.60. The Morgan fingerprint density at radius 1 is 1.38 bits per heavy atom. The zero-order valence-corrected chi connectivity index (χ0v) is 7.46. The molecule has 1 rings (SSSR count). The van der Waals surface area contributed by atoms with E-state index in [2.05, 4.69) is 5.32 Å². The van der Waals surface area contributed by atoms with Gasteiger partial charge in [0.1, 0.15) is 5.82 Å². The summed E-state index contributed by atoms with van der Waals surface area (Å²) >= 11 is 0. The second-order valence-corrected chi connectivity index (χ2v) is 2.88. The van der Waals surface area contributed by atoms with Gasteiger partial charge in [0.15, 0.2) is 0 Å². The van der Waals surface area contributed by atoms with Crippen LogP contribution in [0.3, 0.4) is 0 Å². The Bertz CT molecular complexity index is 252. The molecule has 72 valence electrons. The Morgan fingerprint density at radius 2 is 2.23 bits per heavy atom. The molecule has 13 heavy (non-hydrogen) atoms. The van der Waals surface area contributed by atoms with Crippen LogP contribution < -0.4 is 5.32 Å². The van der Waals surface area contributed by atoms with Crippen LogP contribution in [-0.4, -0.2) is 18.3 Å². The average molecular weight is 183 g/mol. The number of hydrogen-bond donors (Lipinski definition) is 2. The molecule has 0 aliphatic heterocycles. The van der Waals surface area contributed by atoms with Crippen LogP contribution in [0.2, 0.25) is 0 Å². The summed E-state index contributed by atoms with van der Waals surface area (Å²) in [6, 6.07) is 6.50. The van der Waals surface area contributed by atoms with E-state index in [1.807, 2.05) is 6.07 Å². The maximum Gasteiger partial charge on any atom is 0.123 e. The number of halogens is 1. The van der Waals surface area contributed by atoms with Crippen molar-refractivity contribution in [2.75, 3.05) is 13.2 Å². The molecule has 0 aliphatic rings. The molecule has 3 heteroatoms. The summed E-state index contributed by atoms with van der Waals surface area (Å²) in [5.74, 6) is -0.207. The molecule has 0 atom stereocenters. The Hall–Kier alpha value is -0.930. The number of nitrogens with one attached hydrogen (secondary N) is 1. The Morgan fingerprint density at radius 3 is 2.92 bits per heavy atom. The van der Waals surface area contributed by atoms with Gasteiger partial charge in [-0.05, 0) is 30.7 Å². The first kappa shape index (κ1) is 10.2. The molecule has 0 amide bonds. The van der Waals surface area contributed by atoms with Crippen molar-refractivity contribution < 1.29 is 9.50 Å². The van der Waals surface area contributed by atoms with Gasteiger partial charge in [0.05, 0.1) is 0 Å². The van der Waals surface area contributed by atoms with Crippen LogP contribution in [0.5, 0.6) is 0 Å². The van der Waals surface area contributed by atoms with Crippen molar-refractivity contribution in [3.8, 4) is 0 Å². The minimum absolute atomic E-state index is 0.191. The third-order valence-corrected chi connectivity index (χ3v) is 1.73. The van der Waals surface area contributed by atoms with Crippen LogP contribution in [-0.2, 0) is 6.54 Å². The highest BCUT2D eigenvalue weighted by Crippen LogP contribution is 2.02. The number of hydrogen-bond acceptors (Lipinski definition) is 2. The van der Waals surface area contributed by atoms with Gasteiger partial charge in [-0.3, -0.25) is 0 Å². The van der Waals surface area contributed by atoms with Crippen molar-refractivity contribution in [3.63, 3.8) is 0 Å². The van der Waals surface area contributed by atoms with Crippen molar-refractivity contribution in [1.29, 1.82) is 0 Å². The van der Waals surface area contributed by atoms with Crippen LogP contribution in [0.4, 0.5) is 4.39 Å². The van der Waals surface area contributed by atoms with Gasteiger partial charge >= 0.3 is 0 Å². The van der Waals surface area contributed by atoms with E-state index in [9.17, 15) is 4.39 Å². The van der Waals surface area contributed by atoms with Crippen LogP contribution in [0.25, 0.3) is 0 Å². The largest absolute Gasteiger partial charge is 0.396 e. The van der Waals surface area contributed by atoms with Crippen molar-refractivity contribution in [2.45, 2.75) is 13.0 Å². The molecule has 0 saturated carbocycles. The Labute approximate surface area is 77.4 Å². The fraction of sp³-hybridized carbons (Fsp3) is 0.400. The highest BCUT2D eigenvalue weighted by molar-refractivity contribution is 5.15. The van der Waals surface area contributed by atoms with Gasteiger partial charge in [-0.2, -0.15) is 0 Å². The van der Waals surface area contributed by atoms with E-state index in [0.29, 0.717) is 6.54 Å². The first-order valence-electron chi connectivity index (χ1n) is 4.39. The SMILES string of the molecule is OCCCNCc1cccc(F)c1. The molecule has 1 aromatic carbocycles. The van der Waals surface area contributed by atoms with E-state index in [-0.39, 0.29) is 12.4 Å². The van der Waals surface area contributed by atoms with Crippen LogP contribution in [0.15, 0.2) is 24.3 Å². The highest BCUT2D eigenvalue weighted by atomic mass is 19.1. The maximum absolute atomic E-state index is 12.7. The third-order valence-electron chi connectivity index (χ3n) is 1.73. The summed E-state index contributed by atoms with van der Waals surface area (Å²) in [7, 11) is 0. The minimum Gasteiger partial charge on any atom is -0.396 e. The summed E-state index contributed by atoms with van der Waals surface area (Å²) in [4.78, 5) is 0. The topological polar surface area (TPSA) is 32.3 Å². The van der Waals surface area contributed by atoms with Gasteiger partial charge in [0, 0.05) is 13.2 Å². The van der Waals surface area contributed by atoms with E-state index in [4.69, 9.17) is 5.11 Å². The van der Waals surface area contributed by atoms with Gasteiger partial charge in [0.25, 0.3) is 0 Å². The second kappa shape index (κ2) is 5.67. The predicted molar refractivity (Wildman–Crippen MR) is 49.8 cm³/mol. The van der Waals surface area contributed by atoms with Crippen LogP contribution in [0.1, 0.15) is 12.0 Å². The summed E-state index contributed by atoms with van der Waals surface area (Å²) < 4.78 is 12.7. The first-order chi connectivity index (χ1) is 6.33. The number of aliphatic hydroxyl groups is 1. The predicted octanol–water partition coefficient (Wildman–Crippen LogP) is 1.30. The zero-order valence-electron chi connectivity index (χ0n) is 7.46. The molecule has 0 saturated heterocycles. The molecule has 0 bridgehead atoms. The molecule has 0 unspecified atom stereocenters. The Balaban J connectivity index is 2.28. The molecule has 0 spiro atoms. The number of aliphatic hydroxyl groups excluding tert-OH is 1. The van der Waals surface area contributed by atoms with Gasteiger partial charge in [-0.25, -0.2) is 4.39 Å². The lowest BCUT2D eigenvalue weighted by molar-refractivity contribution is 0.286. The van der Waals surface area contributed by atoms with E-state index in [0.717, 1.165) is 18.5 Å². The smallest absolute Gasteiger partial charge is 0.123 e. The zero-order chi connectivity index (χ0) is 9.52. The fourth-order valence-electron chi connectivity index (χ4n) is 1.08. The van der Waals surface area contributed by atoms with Gasteiger partial charge in [-0.15, -0.1) is 0 Å². The molecule has 0 aliphatic carbocycles. The molecular formula is C10H14FNO. The second-order valence-electron chi connectivity index (χ2n) is 2.88. The van der Waals surface area contributed by atoms with Gasteiger partial charge in [-0.1, -0.05) is 12.1 Å². The lowest BCUT2D eigenvalue weighted by Crippen LogP contribution is -2.15. The lowest BCUT2D eigenvalue weighted by atomic mass is 10.2. The fourth-order valence-corrected chi connectivity index (χ4v) is 1.08. The van der Waals surface area contributed by atoms with Gasteiger partial charge in [0.2, 0.25) is 0 Å². The molecule has 0 fully saturated rings. The van der Waals surface area contributed by atoms with E-state index in [1.165, 1.54) is 12.1 Å². The van der Waals surface area contributed by atoms with Crippen LogP contribution in [0, 0.1) is 5.82 Å².